The zero-order chi connectivity index (χ0) is 15.9. The summed E-state index contributed by atoms with van der Waals surface area (Å²) >= 11 is 0. The van der Waals surface area contributed by atoms with Gasteiger partial charge in [-0.2, -0.15) is 0 Å². The molecule has 3 rings (SSSR count). The second kappa shape index (κ2) is 7.46. The first-order valence-corrected chi connectivity index (χ1v) is 7.63. The molecular formula is C20H17BNO. The van der Waals surface area contributed by atoms with E-state index >= 15 is 0 Å². The summed E-state index contributed by atoms with van der Waals surface area (Å²) in [4.78, 5) is 12.4. The molecule has 0 aromatic heterocycles. The van der Waals surface area contributed by atoms with Gasteiger partial charge in [-0.05, 0) is 11.1 Å². The topological polar surface area (TPSA) is 29.1 Å². The zero-order valence-electron chi connectivity index (χ0n) is 12.7. The van der Waals surface area contributed by atoms with E-state index < -0.39 is 0 Å². The summed E-state index contributed by atoms with van der Waals surface area (Å²) in [6, 6.07) is 29.5. The molecule has 0 atom stereocenters. The molecule has 0 spiro atoms. The fraction of sp³-hybridized carbons (Fsp3) is 0.0500. The van der Waals surface area contributed by atoms with Crippen LogP contribution in [-0.4, -0.2) is 13.1 Å². The highest BCUT2D eigenvalue weighted by Gasteiger charge is 2.17. The fourth-order valence-electron chi connectivity index (χ4n) is 2.53. The molecule has 3 heteroatoms. The quantitative estimate of drug-likeness (QED) is 0.717. The smallest absolute Gasteiger partial charge is 0.271 e. The maximum Gasteiger partial charge on any atom is 0.271 e. The Morgan fingerprint density at radius 1 is 0.696 bits per heavy atom. The minimum atomic E-state index is -0.162. The van der Waals surface area contributed by atoms with Crippen molar-refractivity contribution in [2.24, 2.45) is 0 Å². The van der Waals surface area contributed by atoms with Crippen molar-refractivity contribution in [1.82, 2.24) is 5.32 Å². The van der Waals surface area contributed by atoms with Gasteiger partial charge in [0.1, 0.15) is 0 Å². The second-order valence-corrected chi connectivity index (χ2v) is 5.32. The van der Waals surface area contributed by atoms with Crippen molar-refractivity contribution in [1.29, 1.82) is 0 Å². The lowest BCUT2D eigenvalue weighted by atomic mass is 9.69. The fourth-order valence-corrected chi connectivity index (χ4v) is 2.53. The third-order valence-corrected chi connectivity index (χ3v) is 3.65. The summed E-state index contributed by atoms with van der Waals surface area (Å²) in [6.45, 7) is 0. The van der Waals surface area contributed by atoms with Crippen molar-refractivity contribution < 1.29 is 4.79 Å². The number of nitrogens with one attached hydrogen (secondary N) is 1. The molecule has 1 amide bonds. The molecule has 1 radical (unpaired) electrons. The molecule has 2 nitrogen and oxygen atoms in total. The van der Waals surface area contributed by atoms with Crippen LogP contribution in [0.5, 0.6) is 0 Å². The highest BCUT2D eigenvalue weighted by atomic mass is 16.1. The third-order valence-electron chi connectivity index (χ3n) is 3.65. The Balaban J connectivity index is 1.81. The Labute approximate surface area is 137 Å². The number of hydrogen-bond donors (Lipinski definition) is 1. The van der Waals surface area contributed by atoms with E-state index in [1.54, 1.807) is 7.28 Å². The molecule has 1 N–H and O–H groups in total. The monoisotopic (exact) mass is 298 g/mol. The molecule has 0 fully saturated rings. The van der Waals surface area contributed by atoms with Crippen LogP contribution in [0.1, 0.15) is 17.2 Å². The molecular weight excluding hydrogens is 281 g/mol. The van der Waals surface area contributed by atoms with Gasteiger partial charge in [-0.3, -0.25) is 4.79 Å². The number of hydrogen-bond acceptors (Lipinski definition) is 1. The number of carbonyl (C=O) groups excluding carboxylic acids is 1. The van der Waals surface area contributed by atoms with E-state index in [1.807, 2.05) is 91.0 Å². The van der Waals surface area contributed by atoms with Crippen LogP contribution in [0.4, 0.5) is 4.79 Å². The summed E-state index contributed by atoms with van der Waals surface area (Å²) in [5.41, 5.74) is 3.02. The van der Waals surface area contributed by atoms with Gasteiger partial charge in [0.25, 0.3) is 7.28 Å². The van der Waals surface area contributed by atoms with Gasteiger partial charge in [0, 0.05) is 0 Å². The van der Waals surface area contributed by atoms with Crippen LogP contribution < -0.4 is 10.8 Å². The summed E-state index contributed by atoms with van der Waals surface area (Å²) in [5, 5.41) is 3.10. The predicted octanol–water partition coefficient (Wildman–Crippen LogP) is 3.52. The van der Waals surface area contributed by atoms with Gasteiger partial charge in [0.2, 0.25) is 0 Å². The van der Waals surface area contributed by atoms with E-state index in [-0.39, 0.29) is 11.8 Å². The van der Waals surface area contributed by atoms with E-state index in [0.717, 1.165) is 16.6 Å². The number of benzene rings is 3. The van der Waals surface area contributed by atoms with Gasteiger partial charge >= 0.3 is 0 Å². The molecule has 3 aromatic carbocycles. The largest absolute Gasteiger partial charge is 0.354 e. The summed E-state index contributed by atoms with van der Waals surface area (Å²) in [5.74, 6) is -0.103. The predicted molar refractivity (Wildman–Crippen MR) is 95.1 cm³/mol. The third kappa shape index (κ3) is 4.10. The van der Waals surface area contributed by atoms with Crippen molar-refractivity contribution >= 4 is 18.5 Å². The van der Waals surface area contributed by atoms with E-state index in [1.165, 1.54) is 0 Å². The molecule has 0 saturated carbocycles. The van der Waals surface area contributed by atoms with Crippen molar-refractivity contribution in [3.63, 3.8) is 0 Å². The highest BCUT2D eigenvalue weighted by molar-refractivity contribution is 6.83. The standard InChI is InChI=1S/C20H17BNO/c23-20(21-18-14-8-3-9-15-18)22-19(16-10-4-1-5-11-16)17-12-6-2-7-13-17/h1-15,19H,(H,22,23). The minimum Gasteiger partial charge on any atom is -0.354 e. The molecule has 0 aliphatic heterocycles. The van der Waals surface area contributed by atoms with Crippen LogP contribution in [0.3, 0.4) is 0 Å². The molecule has 0 heterocycles. The van der Waals surface area contributed by atoms with Crippen LogP contribution >= 0.6 is 0 Å². The minimum absolute atomic E-state index is 0.103. The van der Waals surface area contributed by atoms with E-state index in [2.05, 4.69) is 5.32 Å². The van der Waals surface area contributed by atoms with Crippen molar-refractivity contribution in [2.75, 3.05) is 0 Å². The molecule has 23 heavy (non-hydrogen) atoms. The lowest BCUT2D eigenvalue weighted by molar-refractivity contribution is 0.257. The van der Waals surface area contributed by atoms with Gasteiger partial charge < -0.3 is 5.32 Å². The lowest BCUT2D eigenvalue weighted by Gasteiger charge is -2.20. The summed E-state index contributed by atoms with van der Waals surface area (Å²) in [7, 11) is 1.62. The first kappa shape index (κ1) is 15.1. The number of amides is 1. The van der Waals surface area contributed by atoms with Gasteiger partial charge in [-0.25, -0.2) is 0 Å². The van der Waals surface area contributed by atoms with Crippen molar-refractivity contribution in [3.05, 3.63) is 102 Å². The molecule has 3 aromatic rings. The van der Waals surface area contributed by atoms with Gasteiger partial charge in [0.15, 0.2) is 5.81 Å². The Morgan fingerprint density at radius 3 is 1.61 bits per heavy atom. The normalized spacial score (nSPS) is 10.3. The van der Waals surface area contributed by atoms with Crippen LogP contribution in [0.25, 0.3) is 0 Å². The lowest BCUT2D eigenvalue weighted by Crippen LogP contribution is -2.36. The summed E-state index contributed by atoms with van der Waals surface area (Å²) < 4.78 is 0. The average Bonchev–Trinajstić information content (AvgIpc) is 2.62. The van der Waals surface area contributed by atoms with Crippen LogP contribution in [0, 0.1) is 0 Å². The first-order chi connectivity index (χ1) is 11.3. The Kier molecular flexibility index (Phi) is 4.90. The highest BCUT2D eigenvalue weighted by Crippen LogP contribution is 2.21. The first-order valence-electron chi connectivity index (χ1n) is 7.63. The Hall–Kier alpha value is -2.81. The van der Waals surface area contributed by atoms with Crippen LogP contribution in [0.2, 0.25) is 0 Å². The van der Waals surface area contributed by atoms with Crippen LogP contribution in [0.15, 0.2) is 91.0 Å². The van der Waals surface area contributed by atoms with Gasteiger partial charge in [-0.1, -0.05) is 96.5 Å². The number of rotatable bonds is 5. The molecule has 0 unspecified atom stereocenters. The van der Waals surface area contributed by atoms with Gasteiger partial charge in [-0.15, -0.1) is 0 Å². The Morgan fingerprint density at radius 2 is 1.13 bits per heavy atom. The van der Waals surface area contributed by atoms with E-state index in [9.17, 15) is 4.79 Å². The molecule has 0 bridgehead atoms. The maximum absolute atomic E-state index is 12.4. The zero-order valence-corrected chi connectivity index (χ0v) is 12.7. The molecule has 0 aliphatic rings. The average molecular weight is 298 g/mol. The van der Waals surface area contributed by atoms with Crippen LogP contribution in [-0.2, 0) is 0 Å². The second-order valence-electron chi connectivity index (χ2n) is 5.32. The van der Waals surface area contributed by atoms with E-state index in [0.29, 0.717) is 0 Å². The SMILES string of the molecule is O=C([B]c1ccccc1)NC(c1ccccc1)c1ccccc1. The summed E-state index contributed by atoms with van der Waals surface area (Å²) in [6.07, 6.45) is 0. The molecule has 0 saturated heterocycles. The van der Waals surface area contributed by atoms with Crippen molar-refractivity contribution in [2.45, 2.75) is 6.04 Å². The number of carbonyl (C=O) groups is 1. The maximum atomic E-state index is 12.4. The van der Waals surface area contributed by atoms with Gasteiger partial charge in [0.05, 0.1) is 6.04 Å². The van der Waals surface area contributed by atoms with Crippen molar-refractivity contribution in [3.8, 4) is 0 Å². The Bertz CT molecular complexity index is 705. The van der Waals surface area contributed by atoms with E-state index in [4.69, 9.17) is 0 Å². The molecule has 0 aliphatic carbocycles. The molecule has 111 valence electrons.